The number of benzene rings is 2. The Morgan fingerprint density at radius 1 is 1.00 bits per heavy atom. The summed E-state index contributed by atoms with van der Waals surface area (Å²) in [4.78, 5) is 12.2. The predicted octanol–water partition coefficient (Wildman–Crippen LogP) is 3.97. The molecule has 24 heavy (non-hydrogen) atoms. The molecule has 2 aromatic carbocycles. The molecular formula is C20H24N2O2. The van der Waals surface area contributed by atoms with E-state index in [2.05, 4.69) is 41.8 Å². The van der Waals surface area contributed by atoms with Gasteiger partial charge in [-0.25, -0.2) is 0 Å². The van der Waals surface area contributed by atoms with Gasteiger partial charge in [0.05, 0.1) is 0 Å². The molecule has 4 nitrogen and oxygen atoms in total. The van der Waals surface area contributed by atoms with Gasteiger partial charge in [0.1, 0.15) is 0 Å². The number of rotatable bonds is 5. The molecule has 1 amide bonds. The Balaban J connectivity index is 1.51. The summed E-state index contributed by atoms with van der Waals surface area (Å²) in [6.07, 6.45) is 1.62. The van der Waals surface area contributed by atoms with Crippen LogP contribution in [0, 0.1) is 12.8 Å². The van der Waals surface area contributed by atoms with Crippen molar-refractivity contribution in [3.8, 4) is 0 Å². The fraction of sp³-hybridized carbons (Fsp3) is 0.350. The quantitative estimate of drug-likeness (QED) is 0.875. The van der Waals surface area contributed by atoms with Crippen molar-refractivity contribution in [3.05, 3.63) is 59.7 Å². The molecule has 1 saturated heterocycles. The van der Waals surface area contributed by atoms with Crippen LogP contribution in [0.2, 0.25) is 0 Å². The van der Waals surface area contributed by atoms with Gasteiger partial charge in [0.25, 0.3) is 0 Å². The highest BCUT2D eigenvalue weighted by Gasteiger charge is 2.21. The summed E-state index contributed by atoms with van der Waals surface area (Å²) in [6, 6.07) is 16.4. The van der Waals surface area contributed by atoms with Gasteiger partial charge in [-0.1, -0.05) is 29.8 Å². The first kappa shape index (κ1) is 16.5. The lowest BCUT2D eigenvalue weighted by Crippen LogP contribution is -2.28. The van der Waals surface area contributed by atoms with Crippen LogP contribution in [0.5, 0.6) is 0 Å². The molecule has 0 aliphatic carbocycles. The topological polar surface area (TPSA) is 50.4 Å². The maximum Gasteiger partial charge on any atom is 0.227 e. The van der Waals surface area contributed by atoms with Crippen molar-refractivity contribution in [2.75, 3.05) is 23.8 Å². The van der Waals surface area contributed by atoms with Crippen LogP contribution in [-0.4, -0.2) is 19.1 Å². The van der Waals surface area contributed by atoms with E-state index in [1.54, 1.807) is 0 Å². The minimum absolute atomic E-state index is 0.0677. The van der Waals surface area contributed by atoms with Crippen LogP contribution >= 0.6 is 0 Å². The maximum absolute atomic E-state index is 12.2. The first-order valence-corrected chi connectivity index (χ1v) is 8.49. The monoisotopic (exact) mass is 324 g/mol. The molecule has 3 rings (SSSR count). The van der Waals surface area contributed by atoms with Gasteiger partial charge in [-0.15, -0.1) is 0 Å². The average molecular weight is 324 g/mol. The zero-order chi connectivity index (χ0) is 16.8. The fourth-order valence-corrected chi connectivity index (χ4v) is 2.79. The molecule has 0 bridgehead atoms. The number of hydrogen-bond donors (Lipinski definition) is 2. The zero-order valence-electron chi connectivity index (χ0n) is 14.0. The highest BCUT2D eigenvalue weighted by molar-refractivity contribution is 5.92. The van der Waals surface area contributed by atoms with E-state index in [1.807, 2.05) is 24.3 Å². The van der Waals surface area contributed by atoms with Crippen LogP contribution in [0.25, 0.3) is 0 Å². The highest BCUT2D eigenvalue weighted by Crippen LogP contribution is 2.19. The summed E-state index contributed by atoms with van der Waals surface area (Å²) >= 11 is 0. The minimum Gasteiger partial charge on any atom is -0.381 e. The summed E-state index contributed by atoms with van der Waals surface area (Å²) in [7, 11) is 0. The van der Waals surface area contributed by atoms with Crippen molar-refractivity contribution >= 4 is 17.3 Å². The van der Waals surface area contributed by atoms with Crippen LogP contribution in [0.15, 0.2) is 48.5 Å². The number of carbonyl (C=O) groups is 1. The fourth-order valence-electron chi connectivity index (χ4n) is 2.79. The number of hydrogen-bond acceptors (Lipinski definition) is 3. The smallest absolute Gasteiger partial charge is 0.227 e. The van der Waals surface area contributed by atoms with Gasteiger partial charge in [-0.2, -0.15) is 0 Å². The molecule has 0 aromatic heterocycles. The molecular weight excluding hydrogens is 300 g/mol. The van der Waals surface area contributed by atoms with Gasteiger partial charge in [-0.3, -0.25) is 4.79 Å². The Kier molecular flexibility index (Phi) is 5.49. The largest absolute Gasteiger partial charge is 0.381 e. The number of nitrogens with one attached hydrogen (secondary N) is 2. The number of carbonyl (C=O) groups excluding carboxylic acids is 1. The first-order chi connectivity index (χ1) is 11.7. The number of amides is 1. The molecule has 2 N–H and O–H groups in total. The van der Waals surface area contributed by atoms with Crippen LogP contribution in [0.1, 0.15) is 24.0 Å². The van der Waals surface area contributed by atoms with Gasteiger partial charge >= 0.3 is 0 Å². The van der Waals surface area contributed by atoms with E-state index >= 15 is 0 Å². The van der Waals surface area contributed by atoms with Crippen molar-refractivity contribution in [2.45, 2.75) is 26.3 Å². The molecule has 1 fully saturated rings. The van der Waals surface area contributed by atoms with Crippen molar-refractivity contribution in [3.63, 3.8) is 0 Å². The molecule has 1 heterocycles. The second-order valence-corrected chi connectivity index (χ2v) is 6.29. The third-order valence-corrected chi connectivity index (χ3v) is 4.36. The summed E-state index contributed by atoms with van der Waals surface area (Å²) < 4.78 is 5.30. The second kappa shape index (κ2) is 7.97. The van der Waals surface area contributed by atoms with Crippen molar-refractivity contribution in [1.82, 2.24) is 0 Å². The van der Waals surface area contributed by atoms with Gasteiger partial charge < -0.3 is 15.4 Å². The van der Waals surface area contributed by atoms with Crippen molar-refractivity contribution in [1.29, 1.82) is 0 Å². The Morgan fingerprint density at radius 3 is 2.29 bits per heavy atom. The molecule has 126 valence electrons. The van der Waals surface area contributed by atoms with Crippen LogP contribution in [-0.2, 0) is 16.1 Å². The molecule has 0 unspecified atom stereocenters. The minimum atomic E-state index is 0.0677. The Hall–Kier alpha value is -2.33. The number of ether oxygens (including phenoxy) is 1. The first-order valence-electron chi connectivity index (χ1n) is 8.49. The van der Waals surface area contributed by atoms with Crippen molar-refractivity contribution < 1.29 is 9.53 Å². The third-order valence-electron chi connectivity index (χ3n) is 4.36. The van der Waals surface area contributed by atoms with Crippen LogP contribution in [0.3, 0.4) is 0 Å². The van der Waals surface area contributed by atoms with Crippen LogP contribution in [0.4, 0.5) is 11.4 Å². The molecule has 0 spiro atoms. The molecule has 1 aliphatic rings. The van der Waals surface area contributed by atoms with Crippen molar-refractivity contribution in [2.24, 2.45) is 5.92 Å². The normalized spacial score (nSPS) is 15.0. The van der Waals surface area contributed by atoms with Gasteiger partial charge in [0, 0.05) is 37.1 Å². The van der Waals surface area contributed by atoms with Gasteiger partial charge in [0.2, 0.25) is 5.91 Å². The molecule has 0 atom stereocenters. The van der Waals surface area contributed by atoms with E-state index in [-0.39, 0.29) is 11.8 Å². The van der Waals surface area contributed by atoms with E-state index < -0.39 is 0 Å². The van der Waals surface area contributed by atoms with E-state index in [0.29, 0.717) is 13.2 Å². The molecule has 4 heteroatoms. The Bertz CT molecular complexity index is 659. The Morgan fingerprint density at radius 2 is 1.62 bits per heavy atom. The lowest BCUT2D eigenvalue weighted by molar-refractivity contribution is -0.122. The lowest BCUT2D eigenvalue weighted by atomic mass is 9.99. The van der Waals surface area contributed by atoms with Gasteiger partial charge in [0.15, 0.2) is 0 Å². The van der Waals surface area contributed by atoms with Crippen LogP contribution < -0.4 is 10.6 Å². The third kappa shape index (κ3) is 4.59. The second-order valence-electron chi connectivity index (χ2n) is 6.29. The summed E-state index contributed by atoms with van der Waals surface area (Å²) in [5.74, 6) is 0.164. The van der Waals surface area contributed by atoms with E-state index in [9.17, 15) is 4.79 Å². The summed E-state index contributed by atoms with van der Waals surface area (Å²) in [5, 5.41) is 6.39. The number of anilines is 2. The molecule has 2 aromatic rings. The lowest BCUT2D eigenvalue weighted by Gasteiger charge is -2.21. The van der Waals surface area contributed by atoms with E-state index in [4.69, 9.17) is 4.74 Å². The SMILES string of the molecule is Cc1ccc(CNc2ccc(NC(=O)C3CCOCC3)cc2)cc1. The summed E-state index contributed by atoms with van der Waals surface area (Å²) in [6.45, 7) is 4.23. The molecule has 0 saturated carbocycles. The molecule has 0 radical (unpaired) electrons. The average Bonchev–Trinajstić information content (AvgIpc) is 2.63. The maximum atomic E-state index is 12.2. The predicted molar refractivity (Wildman–Crippen MR) is 97.1 cm³/mol. The summed E-state index contributed by atoms with van der Waals surface area (Å²) in [5.41, 5.74) is 4.40. The number of aryl methyl sites for hydroxylation is 1. The van der Waals surface area contributed by atoms with E-state index in [1.165, 1.54) is 11.1 Å². The zero-order valence-corrected chi connectivity index (χ0v) is 14.0. The standard InChI is InChI=1S/C20H24N2O2/c1-15-2-4-16(5-3-15)14-21-18-6-8-19(9-7-18)22-20(23)17-10-12-24-13-11-17/h2-9,17,21H,10-14H2,1H3,(H,22,23). The highest BCUT2D eigenvalue weighted by atomic mass is 16.5. The van der Waals surface area contributed by atoms with Gasteiger partial charge in [-0.05, 0) is 49.6 Å². The van der Waals surface area contributed by atoms with E-state index in [0.717, 1.165) is 30.8 Å². The Labute approximate surface area is 143 Å². The molecule has 1 aliphatic heterocycles.